The van der Waals surface area contributed by atoms with Crippen LogP contribution < -0.4 is 5.73 Å². The number of amides is 1. The summed E-state index contributed by atoms with van der Waals surface area (Å²) in [6.45, 7) is 0.105. The molecule has 9 nitrogen and oxygen atoms in total. The number of sulfone groups is 1. The Morgan fingerprint density at radius 1 is 1.03 bits per heavy atom. The largest absolute Gasteiger partial charge is 0.383 e. The van der Waals surface area contributed by atoms with Gasteiger partial charge in [-0.3, -0.25) is 9.48 Å². The number of para-hydroxylation sites is 1. The molecule has 0 aliphatic carbocycles. The summed E-state index contributed by atoms with van der Waals surface area (Å²) < 4.78 is 53.6. The van der Waals surface area contributed by atoms with Crippen LogP contribution in [0.25, 0.3) is 22.4 Å². The molecule has 1 aliphatic heterocycles. The Balaban J connectivity index is 1.51. The topological polar surface area (TPSA) is 124 Å². The lowest BCUT2D eigenvalue weighted by molar-refractivity contribution is 0.0770. The van der Waals surface area contributed by atoms with Gasteiger partial charge in [-0.1, -0.05) is 30.3 Å². The second-order valence-corrected chi connectivity index (χ2v) is 10.5. The van der Waals surface area contributed by atoms with Crippen LogP contribution in [0.15, 0.2) is 48.7 Å². The van der Waals surface area contributed by atoms with Crippen molar-refractivity contribution >= 4 is 32.5 Å². The quantitative estimate of drug-likeness (QED) is 0.458. The molecule has 35 heavy (non-hydrogen) atoms. The third-order valence-corrected chi connectivity index (χ3v) is 7.50. The summed E-state index contributed by atoms with van der Waals surface area (Å²) in [5.41, 5.74) is 6.82. The summed E-state index contributed by atoms with van der Waals surface area (Å²) in [7, 11) is -3.15. The van der Waals surface area contributed by atoms with Crippen molar-refractivity contribution in [2.75, 3.05) is 30.3 Å². The van der Waals surface area contributed by atoms with Crippen LogP contribution >= 0.6 is 0 Å². The van der Waals surface area contributed by atoms with E-state index in [-0.39, 0.29) is 59.6 Å². The molecule has 1 aliphatic rings. The molecule has 0 bridgehead atoms. The minimum Gasteiger partial charge on any atom is -0.383 e. The molecule has 3 heterocycles. The Morgan fingerprint density at radius 3 is 2.46 bits per heavy atom. The van der Waals surface area contributed by atoms with Crippen molar-refractivity contribution in [3.63, 3.8) is 0 Å². The number of carbonyl (C=O) groups is 1. The lowest BCUT2D eigenvalue weighted by Crippen LogP contribution is -2.44. The molecule has 1 saturated heterocycles. The van der Waals surface area contributed by atoms with Crippen LogP contribution in [-0.4, -0.2) is 63.6 Å². The van der Waals surface area contributed by atoms with Crippen molar-refractivity contribution in [1.29, 1.82) is 0 Å². The van der Waals surface area contributed by atoms with Gasteiger partial charge in [0, 0.05) is 30.2 Å². The van der Waals surface area contributed by atoms with E-state index < -0.39 is 27.4 Å². The van der Waals surface area contributed by atoms with Gasteiger partial charge in [0.2, 0.25) is 0 Å². The maximum Gasteiger partial charge on any atom is 0.259 e. The standard InChI is InChI=1S/C23H20F2N6O3S/c24-17-6-2-1-4-14(17)13-31-20-15(5-3-7-18(20)25)19(29-31)22-27-12-16(21(26)28-22)23(32)30-8-10-35(33,34)11-9-30/h1-7,12H,8-11,13H2,(H2,26,27,28). The van der Waals surface area contributed by atoms with Crippen molar-refractivity contribution < 1.29 is 22.0 Å². The van der Waals surface area contributed by atoms with Crippen molar-refractivity contribution in [1.82, 2.24) is 24.6 Å². The highest BCUT2D eigenvalue weighted by atomic mass is 32.2. The number of anilines is 1. The van der Waals surface area contributed by atoms with Crippen molar-refractivity contribution in [3.05, 3.63) is 71.4 Å². The molecule has 12 heteroatoms. The molecule has 0 unspecified atom stereocenters. The van der Waals surface area contributed by atoms with Crippen molar-refractivity contribution in [2.45, 2.75) is 6.54 Å². The van der Waals surface area contributed by atoms with E-state index >= 15 is 0 Å². The van der Waals surface area contributed by atoms with E-state index in [2.05, 4.69) is 15.1 Å². The highest BCUT2D eigenvalue weighted by Gasteiger charge is 2.28. The Morgan fingerprint density at radius 2 is 1.74 bits per heavy atom. The molecular weight excluding hydrogens is 478 g/mol. The SMILES string of the molecule is Nc1nc(-c2nn(Cc3ccccc3F)c3c(F)cccc23)ncc1C(=O)N1CCS(=O)(=O)CC1. The maximum atomic E-state index is 14.8. The van der Waals surface area contributed by atoms with Crippen LogP contribution in [0.4, 0.5) is 14.6 Å². The molecule has 2 aromatic heterocycles. The Labute approximate surface area is 199 Å². The second-order valence-electron chi connectivity index (χ2n) is 8.17. The van der Waals surface area contributed by atoms with Gasteiger partial charge in [0.05, 0.1) is 18.1 Å². The smallest absolute Gasteiger partial charge is 0.259 e. The molecule has 5 rings (SSSR count). The average molecular weight is 499 g/mol. The summed E-state index contributed by atoms with van der Waals surface area (Å²) >= 11 is 0. The Bertz CT molecular complexity index is 1560. The van der Waals surface area contributed by atoms with Crippen LogP contribution in [0.2, 0.25) is 0 Å². The monoisotopic (exact) mass is 498 g/mol. The number of nitrogens with zero attached hydrogens (tertiary/aromatic N) is 5. The van der Waals surface area contributed by atoms with Crippen LogP contribution in [0.1, 0.15) is 15.9 Å². The minimum atomic E-state index is -3.15. The van der Waals surface area contributed by atoms with Gasteiger partial charge < -0.3 is 10.6 Å². The molecule has 1 fully saturated rings. The normalized spacial score (nSPS) is 15.4. The molecule has 4 aromatic rings. The van der Waals surface area contributed by atoms with E-state index in [1.165, 1.54) is 34.0 Å². The van der Waals surface area contributed by atoms with Gasteiger partial charge in [-0.15, -0.1) is 0 Å². The zero-order chi connectivity index (χ0) is 24.7. The molecule has 0 saturated carbocycles. The fourth-order valence-electron chi connectivity index (χ4n) is 4.02. The Kier molecular flexibility index (Phi) is 5.67. The first-order chi connectivity index (χ1) is 16.7. The molecule has 2 aromatic carbocycles. The predicted molar refractivity (Wildman–Crippen MR) is 125 cm³/mol. The highest BCUT2D eigenvalue weighted by molar-refractivity contribution is 7.91. The number of aromatic nitrogens is 4. The fourth-order valence-corrected chi connectivity index (χ4v) is 5.22. The van der Waals surface area contributed by atoms with Gasteiger partial charge in [-0.05, 0) is 12.1 Å². The zero-order valence-corrected chi connectivity index (χ0v) is 19.2. The highest BCUT2D eigenvalue weighted by Crippen LogP contribution is 2.29. The number of rotatable bonds is 4. The summed E-state index contributed by atoms with van der Waals surface area (Å²) in [5.74, 6) is -1.72. The lowest BCUT2D eigenvalue weighted by Gasteiger charge is -2.26. The third-order valence-electron chi connectivity index (χ3n) is 5.89. The van der Waals surface area contributed by atoms with Gasteiger partial charge in [0.15, 0.2) is 15.7 Å². The van der Waals surface area contributed by atoms with Crippen molar-refractivity contribution in [2.24, 2.45) is 0 Å². The number of carbonyl (C=O) groups excluding carboxylic acids is 1. The number of nitrogen functional groups attached to an aromatic ring is 1. The molecule has 180 valence electrons. The van der Waals surface area contributed by atoms with E-state index in [0.717, 1.165) is 0 Å². The number of halogens is 2. The number of fused-ring (bicyclic) bond motifs is 1. The second kappa shape index (κ2) is 8.69. The lowest BCUT2D eigenvalue weighted by atomic mass is 10.1. The molecule has 0 spiro atoms. The van der Waals surface area contributed by atoms with Crippen LogP contribution in [0.5, 0.6) is 0 Å². The predicted octanol–water partition coefficient (Wildman–Crippen LogP) is 2.27. The van der Waals surface area contributed by atoms with Gasteiger partial charge >= 0.3 is 0 Å². The summed E-state index contributed by atoms with van der Waals surface area (Å²) in [6.07, 6.45) is 1.25. The molecule has 2 N–H and O–H groups in total. The van der Waals surface area contributed by atoms with E-state index in [4.69, 9.17) is 5.73 Å². The summed E-state index contributed by atoms with van der Waals surface area (Å²) in [5, 5.41) is 4.85. The first kappa shape index (κ1) is 22.8. The third kappa shape index (κ3) is 4.32. The van der Waals surface area contributed by atoms with Crippen LogP contribution in [0.3, 0.4) is 0 Å². The fraction of sp³-hybridized carbons (Fsp3) is 0.217. The van der Waals surface area contributed by atoms with Crippen LogP contribution in [0, 0.1) is 11.6 Å². The molecule has 1 amide bonds. The first-order valence-electron chi connectivity index (χ1n) is 10.7. The summed E-state index contributed by atoms with van der Waals surface area (Å²) in [4.78, 5) is 22.7. The van der Waals surface area contributed by atoms with E-state index in [1.807, 2.05) is 0 Å². The number of benzene rings is 2. The minimum absolute atomic E-state index is 0.0198. The summed E-state index contributed by atoms with van der Waals surface area (Å²) in [6, 6.07) is 10.6. The molecule has 0 atom stereocenters. The van der Waals surface area contributed by atoms with E-state index in [9.17, 15) is 22.0 Å². The molecule has 0 radical (unpaired) electrons. The van der Waals surface area contributed by atoms with Gasteiger partial charge in [0.25, 0.3) is 5.91 Å². The van der Waals surface area contributed by atoms with Crippen molar-refractivity contribution in [3.8, 4) is 11.5 Å². The first-order valence-corrected chi connectivity index (χ1v) is 12.6. The van der Waals surface area contributed by atoms with Crippen LogP contribution in [-0.2, 0) is 16.4 Å². The van der Waals surface area contributed by atoms with E-state index in [1.54, 1.807) is 24.3 Å². The Hall–Kier alpha value is -3.93. The number of hydrogen-bond acceptors (Lipinski definition) is 7. The number of hydrogen-bond donors (Lipinski definition) is 1. The van der Waals surface area contributed by atoms with E-state index in [0.29, 0.717) is 10.9 Å². The zero-order valence-electron chi connectivity index (χ0n) is 18.4. The van der Waals surface area contributed by atoms with Gasteiger partial charge in [-0.25, -0.2) is 27.2 Å². The average Bonchev–Trinajstić information content (AvgIpc) is 3.20. The van der Waals surface area contributed by atoms with Gasteiger partial charge in [0.1, 0.15) is 34.2 Å². The van der Waals surface area contributed by atoms with Gasteiger partial charge in [-0.2, -0.15) is 5.10 Å². The maximum absolute atomic E-state index is 14.8. The number of nitrogens with two attached hydrogens (primary N) is 1. The molecular formula is C23H20F2N6O3S.